The molecule has 2 aliphatic heterocycles. The van der Waals surface area contributed by atoms with Crippen LogP contribution in [0.15, 0.2) is 18.3 Å². The van der Waals surface area contributed by atoms with Crippen molar-refractivity contribution in [1.29, 1.82) is 0 Å². The van der Waals surface area contributed by atoms with Gasteiger partial charge in [0.25, 0.3) is 0 Å². The van der Waals surface area contributed by atoms with Gasteiger partial charge in [-0.15, -0.1) is 0 Å². The monoisotopic (exact) mass is 345 g/mol. The summed E-state index contributed by atoms with van der Waals surface area (Å²) in [4.78, 5) is 30.7. The van der Waals surface area contributed by atoms with Crippen LogP contribution in [0.2, 0.25) is 0 Å². The lowest BCUT2D eigenvalue weighted by atomic mass is 10.1. The molecule has 7 nitrogen and oxygen atoms in total. The highest BCUT2D eigenvalue weighted by Gasteiger charge is 2.22. The Labute approximate surface area is 148 Å². The van der Waals surface area contributed by atoms with Gasteiger partial charge < -0.3 is 20.9 Å². The first-order valence-electron chi connectivity index (χ1n) is 9.24. The van der Waals surface area contributed by atoms with Gasteiger partial charge in [-0.2, -0.15) is 0 Å². The molecule has 0 saturated carbocycles. The summed E-state index contributed by atoms with van der Waals surface area (Å²) in [6.45, 7) is 3.22. The first-order valence-corrected chi connectivity index (χ1v) is 9.24. The summed E-state index contributed by atoms with van der Waals surface area (Å²) in [6.07, 6.45) is 8.13. The molecule has 0 spiro atoms. The molecule has 1 aromatic heterocycles. The maximum absolute atomic E-state index is 12.0. The number of nitrogens with zero attached hydrogens (tertiary/aromatic N) is 2. The predicted octanol–water partition coefficient (Wildman–Crippen LogP) is 1.54. The Balaban J connectivity index is 1.46. The van der Waals surface area contributed by atoms with E-state index in [1.165, 1.54) is 19.3 Å². The van der Waals surface area contributed by atoms with Gasteiger partial charge in [-0.25, -0.2) is 9.78 Å². The lowest BCUT2D eigenvalue weighted by molar-refractivity contribution is -0.122. The fourth-order valence-corrected chi connectivity index (χ4v) is 3.30. The SMILES string of the molecule is O=C(NCc1ccc(N2CCCCC2)nc1)N[C@@H]1CCCCNC1=O. The van der Waals surface area contributed by atoms with Crippen molar-refractivity contribution in [1.82, 2.24) is 20.9 Å². The molecule has 7 heteroatoms. The summed E-state index contributed by atoms with van der Waals surface area (Å²) in [5.74, 6) is 0.906. The fraction of sp³-hybridized carbons (Fsp3) is 0.611. The third-order valence-electron chi connectivity index (χ3n) is 4.78. The third-order valence-corrected chi connectivity index (χ3v) is 4.78. The molecular weight excluding hydrogens is 318 g/mol. The Hall–Kier alpha value is -2.31. The van der Waals surface area contributed by atoms with Crippen molar-refractivity contribution in [3.8, 4) is 0 Å². The Kier molecular flexibility index (Phi) is 6.09. The number of piperidine rings is 1. The van der Waals surface area contributed by atoms with Crippen LogP contribution in [0, 0.1) is 0 Å². The van der Waals surface area contributed by atoms with E-state index < -0.39 is 6.04 Å². The highest BCUT2D eigenvalue weighted by molar-refractivity contribution is 5.87. The van der Waals surface area contributed by atoms with Crippen molar-refractivity contribution >= 4 is 17.8 Å². The zero-order chi connectivity index (χ0) is 17.5. The van der Waals surface area contributed by atoms with Crippen LogP contribution in [0.3, 0.4) is 0 Å². The first-order chi connectivity index (χ1) is 12.2. The van der Waals surface area contributed by atoms with Gasteiger partial charge in [-0.05, 0) is 50.2 Å². The van der Waals surface area contributed by atoms with Gasteiger partial charge in [-0.3, -0.25) is 4.79 Å². The normalized spacial score (nSPS) is 21.2. The van der Waals surface area contributed by atoms with Gasteiger partial charge in [0, 0.05) is 32.4 Å². The van der Waals surface area contributed by atoms with E-state index in [1.54, 1.807) is 0 Å². The van der Waals surface area contributed by atoms with Crippen LogP contribution in [-0.2, 0) is 11.3 Å². The Morgan fingerprint density at radius 1 is 1.20 bits per heavy atom. The van der Waals surface area contributed by atoms with E-state index in [9.17, 15) is 9.59 Å². The van der Waals surface area contributed by atoms with Crippen molar-refractivity contribution in [3.05, 3.63) is 23.9 Å². The number of aromatic nitrogens is 1. The summed E-state index contributed by atoms with van der Waals surface area (Å²) in [5, 5.41) is 8.37. The lowest BCUT2D eigenvalue weighted by Gasteiger charge is -2.27. The number of carbonyl (C=O) groups is 2. The maximum Gasteiger partial charge on any atom is 0.315 e. The van der Waals surface area contributed by atoms with E-state index in [1.807, 2.05) is 18.3 Å². The molecule has 0 aromatic carbocycles. The zero-order valence-electron chi connectivity index (χ0n) is 14.6. The van der Waals surface area contributed by atoms with E-state index in [2.05, 4.69) is 25.8 Å². The molecule has 3 rings (SSSR count). The quantitative estimate of drug-likeness (QED) is 0.773. The Morgan fingerprint density at radius 3 is 2.80 bits per heavy atom. The molecule has 1 aromatic rings. The molecule has 25 heavy (non-hydrogen) atoms. The second kappa shape index (κ2) is 8.69. The number of hydrogen-bond donors (Lipinski definition) is 3. The van der Waals surface area contributed by atoms with Crippen molar-refractivity contribution in [2.45, 2.75) is 51.1 Å². The number of hydrogen-bond acceptors (Lipinski definition) is 4. The minimum absolute atomic E-state index is 0.0970. The molecular formula is C18H27N5O2. The van der Waals surface area contributed by atoms with Crippen molar-refractivity contribution in [3.63, 3.8) is 0 Å². The molecule has 0 radical (unpaired) electrons. The minimum atomic E-state index is -0.442. The van der Waals surface area contributed by atoms with E-state index in [0.717, 1.165) is 37.3 Å². The van der Waals surface area contributed by atoms with Crippen molar-refractivity contribution < 1.29 is 9.59 Å². The molecule has 2 fully saturated rings. The molecule has 1 atom stereocenters. The predicted molar refractivity (Wildman–Crippen MR) is 96.3 cm³/mol. The summed E-state index contributed by atoms with van der Waals surface area (Å²) >= 11 is 0. The van der Waals surface area contributed by atoms with Crippen molar-refractivity contribution in [2.75, 3.05) is 24.5 Å². The van der Waals surface area contributed by atoms with Crippen LogP contribution >= 0.6 is 0 Å². The Morgan fingerprint density at radius 2 is 2.04 bits per heavy atom. The van der Waals surface area contributed by atoms with Crippen LogP contribution in [0.25, 0.3) is 0 Å². The second-order valence-corrected chi connectivity index (χ2v) is 6.74. The number of urea groups is 1. The maximum atomic E-state index is 12.0. The molecule has 136 valence electrons. The van der Waals surface area contributed by atoms with Crippen molar-refractivity contribution in [2.24, 2.45) is 0 Å². The third kappa shape index (κ3) is 5.08. The Bertz CT molecular complexity index is 584. The summed E-state index contributed by atoms with van der Waals surface area (Å²) in [6, 6.07) is 3.25. The molecule has 0 bridgehead atoms. The molecule has 2 saturated heterocycles. The van der Waals surface area contributed by atoms with Gasteiger partial charge in [0.2, 0.25) is 5.91 Å². The standard InChI is InChI=1S/C18H27N5O2/c24-17-15(6-2-3-9-19-17)22-18(25)21-13-14-7-8-16(20-12-14)23-10-4-1-5-11-23/h7-8,12,15H,1-6,9-11,13H2,(H,19,24)(H2,21,22,25)/t15-/m1/s1. The van der Waals surface area contributed by atoms with Crippen LogP contribution in [0.4, 0.5) is 10.6 Å². The lowest BCUT2D eigenvalue weighted by Crippen LogP contribution is -2.48. The van der Waals surface area contributed by atoms with Crippen LogP contribution in [0.5, 0.6) is 0 Å². The average molecular weight is 345 g/mol. The van der Waals surface area contributed by atoms with Gasteiger partial charge in [0.1, 0.15) is 11.9 Å². The smallest absolute Gasteiger partial charge is 0.315 e. The highest BCUT2D eigenvalue weighted by Crippen LogP contribution is 2.17. The van der Waals surface area contributed by atoms with Crippen LogP contribution in [0.1, 0.15) is 44.1 Å². The van der Waals surface area contributed by atoms with Gasteiger partial charge in [0.05, 0.1) is 0 Å². The minimum Gasteiger partial charge on any atom is -0.357 e. The van der Waals surface area contributed by atoms with E-state index >= 15 is 0 Å². The van der Waals surface area contributed by atoms with Crippen LogP contribution < -0.4 is 20.9 Å². The first kappa shape index (κ1) is 17.5. The van der Waals surface area contributed by atoms with E-state index in [-0.39, 0.29) is 11.9 Å². The number of pyridine rings is 1. The number of anilines is 1. The zero-order valence-corrected chi connectivity index (χ0v) is 14.6. The topological polar surface area (TPSA) is 86.4 Å². The largest absolute Gasteiger partial charge is 0.357 e. The van der Waals surface area contributed by atoms with Gasteiger partial charge in [-0.1, -0.05) is 6.07 Å². The van der Waals surface area contributed by atoms with Gasteiger partial charge in [0.15, 0.2) is 0 Å². The number of amides is 3. The highest BCUT2D eigenvalue weighted by atomic mass is 16.2. The second-order valence-electron chi connectivity index (χ2n) is 6.74. The fourth-order valence-electron chi connectivity index (χ4n) is 3.30. The molecule has 3 amide bonds. The van der Waals surface area contributed by atoms with E-state index in [4.69, 9.17) is 0 Å². The summed E-state index contributed by atoms with van der Waals surface area (Å²) in [5.41, 5.74) is 0.946. The van der Waals surface area contributed by atoms with Gasteiger partial charge >= 0.3 is 6.03 Å². The average Bonchev–Trinajstić information content (AvgIpc) is 2.86. The summed E-state index contributed by atoms with van der Waals surface area (Å²) in [7, 11) is 0. The number of nitrogens with one attached hydrogen (secondary N) is 3. The molecule has 2 aliphatic rings. The van der Waals surface area contributed by atoms with E-state index in [0.29, 0.717) is 19.5 Å². The molecule has 3 N–H and O–H groups in total. The molecule has 3 heterocycles. The number of rotatable bonds is 4. The number of carbonyl (C=O) groups excluding carboxylic acids is 2. The molecule has 0 aliphatic carbocycles. The summed E-state index contributed by atoms with van der Waals surface area (Å²) < 4.78 is 0. The molecule has 0 unspecified atom stereocenters. The van der Waals surface area contributed by atoms with Crippen LogP contribution in [-0.4, -0.2) is 42.6 Å².